The van der Waals surface area contributed by atoms with Gasteiger partial charge in [-0.3, -0.25) is 0 Å². The number of sulfone groups is 1. The van der Waals surface area contributed by atoms with E-state index in [-0.39, 0.29) is 11.0 Å². The summed E-state index contributed by atoms with van der Waals surface area (Å²) in [6.45, 7) is 9.19. The third kappa shape index (κ3) is 3.93. The van der Waals surface area contributed by atoms with Gasteiger partial charge in [-0.15, -0.1) is 0 Å². The molecule has 0 N–H and O–H groups in total. The third-order valence-electron chi connectivity index (χ3n) is 5.38. The van der Waals surface area contributed by atoms with Gasteiger partial charge in [0.2, 0.25) is 0 Å². The molecule has 3 rings (SSSR count). The van der Waals surface area contributed by atoms with Gasteiger partial charge in [0.25, 0.3) is 0 Å². The van der Waals surface area contributed by atoms with Crippen LogP contribution in [-0.4, -0.2) is 52.3 Å². The monoisotopic (exact) mass is 382 g/mol. The Morgan fingerprint density at radius 2 is 1.65 bits per heavy atom. The van der Waals surface area contributed by atoms with Gasteiger partial charge in [-0.1, -0.05) is 0 Å². The first-order chi connectivity index (χ1) is 12.0. The Hall–Kier alpha value is -1.09. The topological polar surface area (TPSA) is 71.1 Å². The van der Waals surface area contributed by atoms with Gasteiger partial charge in [0.05, 0.1) is 29.3 Å². The summed E-state index contributed by atoms with van der Waals surface area (Å²) in [4.78, 5) is 0.224. The van der Waals surface area contributed by atoms with Gasteiger partial charge < -0.3 is 18.8 Å². The summed E-state index contributed by atoms with van der Waals surface area (Å²) in [6, 6.07) is 4.87. The van der Waals surface area contributed by atoms with Crippen molar-refractivity contribution in [1.82, 2.24) is 0 Å². The summed E-state index contributed by atoms with van der Waals surface area (Å²) >= 11 is 0. The molecule has 1 aromatic carbocycles. The number of ether oxygens (including phenoxy) is 2. The lowest BCUT2D eigenvalue weighted by atomic mass is 9.78. The smallest absolute Gasteiger partial charge is 0.491 e. The van der Waals surface area contributed by atoms with E-state index in [0.29, 0.717) is 24.4 Å². The molecule has 2 saturated heterocycles. The fourth-order valence-corrected chi connectivity index (χ4v) is 3.65. The van der Waals surface area contributed by atoms with Crippen molar-refractivity contribution in [1.29, 1.82) is 0 Å². The predicted molar refractivity (Wildman–Crippen MR) is 99.7 cm³/mol. The van der Waals surface area contributed by atoms with E-state index in [0.717, 1.165) is 12.8 Å². The molecule has 8 heteroatoms. The van der Waals surface area contributed by atoms with Crippen molar-refractivity contribution in [3.05, 3.63) is 18.2 Å². The zero-order chi connectivity index (χ0) is 19.2. The molecule has 2 aliphatic rings. The average Bonchev–Trinajstić information content (AvgIpc) is 2.75. The molecule has 1 aromatic rings. The van der Waals surface area contributed by atoms with Gasteiger partial charge in [0.1, 0.15) is 11.9 Å². The van der Waals surface area contributed by atoms with Crippen LogP contribution in [0.2, 0.25) is 0 Å². The van der Waals surface area contributed by atoms with E-state index >= 15 is 0 Å². The molecule has 144 valence electrons. The van der Waals surface area contributed by atoms with Crippen LogP contribution >= 0.6 is 0 Å². The summed E-state index contributed by atoms with van der Waals surface area (Å²) < 4.78 is 47.8. The van der Waals surface area contributed by atoms with Crippen LogP contribution < -0.4 is 10.2 Å². The Bertz CT molecular complexity index is 752. The molecule has 0 aliphatic carbocycles. The predicted octanol–water partition coefficient (Wildman–Crippen LogP) is 1.95. The summed E-state index contributed by atoms with van der Waals surface area (Å²) in [5.41, 5.74) is -0.429. The standard InChI is InChI=1S/C18H27BO6S/c1-17(2)18(3,4)25-19(24-17)15-12-14(26(5,20)21)6-7-16(15)23-13-8-10-22-11-9-13/h6-7,12-13H,8-11H2,1-5H3. The van der Waals surface area contributed by atoms with Crippen molar-refractivity contribution in [2.24, 2.45) is 0 Å². The van der Waals surface area contributed by atoms with Crippen LogP contribution in [-0.2, 0) is 23.9 Å². The molecule has 0 atom stereocenters. The van der Waals surface area contributed by atoms with Gasteiger partial charge in [0, 0.05) is 24.6 Å². The molecular weight excluding hydrogens is 355 g/mol. The maximum Gasteiger partial charge on any atom is 0.498 e. The minimum absolute atomic E-state index is 0.0361. The Kier molecular flexibility index (Phi) is 5.16. The van der Waals surface area contributed by atoms with Crippen LogP contribution in [0, 0.1) is 0 Å². The van der Waals surface area contributed by atoms with Crippen LogP contribution in [0.1, 0.15) is 40.5 Å². The molecule has 6 nitrogen and oxygen atoms in total. The molecule has 26 heavy (non-hydrogen) atoms. The van der Waals surface area contributed by atoms with E-state index in [1.165, 1.54) is 6.26 Å². The second-order valence-corrected chi connectivity index (χ2v) is 10.0. The summed E-state index contributed by atoms with van der Waals surface area (Å²) in [5.74, 6) is 0.600. The molecule has 0 aromatic heterocycles. The number of rotatable bonds is 4. The Morgan fingerprint density at radius 3 is 2.19 bits per heavy atom. The molecule has 0 unspecified atom stereocenters. The third-order valence-corrected chi connectivity index (χ3v) is 6.49. The van der Waals surface area contributed by atoms with Crippen molar-refractivity contribution in [2.45, 2.75) is 62.7 Å². The highest BCUT2D eigenvalue weighted by Gasteiger charge is 2.52. The highest BCUT2D eigenvalue weighted by atomic mass is 32.2. The molecule has 0 bridgehead atoms. The molecule has 0 radical (unpaired) electrons. The minimum Gasteiger partial charge on any atom is -0.491 e. The van der Waals surface area contributed by atoms with E-state index in [4.69, 9.17) is 18.8 Å². The van der Waals surface area contributed by atoms with Gasteiger partial charge in [-0.2, -0.15) is 0 Å². The normalized spacial score (nSPS) is 23.2. The lowest BCUT2D eigenvalue weighted by Gasteiger charge is -2.32. The maximum atomic E-state index is 12.0. The largest absolute Gasteiger partial charge is 0.498 e. The number of hydrogen-bond acceptors (Lipinski definition) is 6. The molecule has 0 amide bonds. The molecule has 2 heterocycles. The Balaban J connectivity index is 1.97. The van der Waals surface area contributed by atoms with Crippen LogP contribution in [0.15, 0.2) is 23.1 Å². The Morgan fingerprint density at radius 1 is 1.08 bits per heavy atom. The summed E-state index contributed by atoms with van der Waals surface area (Å²) in [6.07, 6.45) is 2.83. The van der Waals surface area contributed by atoms with E-state index in [1.807, 2.05) is 27.7 Å². The number of benzene rings is 1. The van der Waals surface area contributed by atoms with Crippen LogP contribution in [0.4, 0.5) is 0 Å². The van der Waals surface area contributed by atoms with Crippen LogP contribution in [0.3, 0.4) is 0 Å². The molecular formula is C18H27BO6S. The second kappa shape index (κ2) is 6.82. The summed E-state index contributed by atoms with van der Waals surface area (Å²) in [5, 5.41) is 0. The number of hydrogen-bond donors (Lipinski definition) is 0. The maximum absolute atomic E-state index is 12.0. The van der Waals surface area contributed by atoms with Gasteiger partial charge in [-0.25, -0.2) is 8.42 Å². The molecule has 2 fully saturated rings. The minimum atomic E-state index is -3.35. The van der Waals surface area contributed by atoms with Gasteiger partial charge >= 0.3 is 7.12 Å². The van der Waals surface area contributed by atoms with Crippen molar-refractivity contribution in [3.63, 3.8) is 0 Å². The molecule has 2 aliphatic heterocycles. The lowest BCUT2D eigenvalue weighted by Crippen LogP contribution is -2.41. The van der Waals surface area contributed by atoms with E-state index in [9.17, 15) is 8.42 Å². The van der Waals surface area contributed by atoms with Crippen molar-refractivity contribution >= 4 is 22.4 Å². The zero-order valence-corrected chi connectivity index (χ0v) is 16.9. The van der Waals surface area contributed by atoms with Gasteiger partial charge in [-0.05, 0) is 45.9 Å². The van der Waals surface area contributed by atoms with Crippen molar-refractivity contribution in [3.8, 4) is 5.75 Å². The first kappa shape index (κ1) is 19.7. The van der Waals surface area contributed by atoms with E-state index in [2.05, 4.69) is 0 Å². The average molecular weight is 382 g/mol. The fourth-order valence-electron chi connectivity index (χ4n) is 2.99. The first-order valence-corrected chi connectivity index (χ1v) is 10.8. The lowest BCUT2D eigenvalue weighted by molar-refractivity contribution is 0.00578. The van der Waals surface area contributed by atoms with Gasteiger partial charge in [0.15, 0.2) is 9.84 Å². The highest BCUT2D eigenvalue weighted by molar-refractivity contribution is 7.90. The quantitative estimate of drug-likeness (QED) is 0.742. The highest BCUT2D eigenvalue weighted by Crippen LogP contribution is 2.37. The fraction of sp³-hybridized carbons (Fsp3) is 0.667. The zero-order valence-electron chi connectivity index (χ0n) is 16.1. The van der Waals surface area contributed by atoms with Crippen LogP contribution in [0.5, 0.6) is 5.75 Å². The Labute approximate surface area is 156 Å². The second-order valence-electron chi connectivity index (χ2n) is 7.99. The summed E-state index contributed by atoms with van der Waals surface area (Å²) in [7, 11) is -4.03. The molecule has 0 spiro atoms. The van der Waals surface area contributed by atoms with Crippen molar-refractivity contribution < 1.29 is 27.2 Å². The van der Waals surface area contributed by atoms with Crippen molar-refractivity contribution in [2.75, 3.05) is 19.5 Å². The van der Waals surface area contributed by atoms with E-state index in [1.54, 1.807) is 18.2 Å². The van der Waals surface area contributed by atoms with Crippen LogP contribution in [0.25, 0.3) is 0 Å². The SMILES string of the molecule is CC1(C)OB(c2cc(S(C)(=O)=O)ccc2OC2CCOCC2)OC1(C)C. The molecule has 0 saturated carbocycles. The first-order valence-electron chi connectivity index (χ1n) is 8.94. The van der Waals surface area contributed by atoms with E-state index < -0.39 is 28.2 Å².